The molecule has 10 heavy (non-hydrogen) atoms. The van der Waals surface area contributed by atoms with E-state index in [0.29, 0.717) is 0 Å². The standard InChI is InChI=1S/CH4.Ca.2ClH.6H2O/h1H4;;2*1H;6*1H2/q;+2;;;;;;;;/p-2. The Labute approximate surface area is 102 Å². The van der Waals surface area contributed by atoms with Gasteiger partial charge in [0, 0.05) is 0 Å². The monoisotopic (exact) mass is 234 g/mol. The molecule has 12 N–H and O–H groups in total. The Hall–Kier alpha value is 1.60. The fourth-order valence-electron chi connectivity index (χ4n) is 0. The molecule has 0 saturated heterocycles. The number of hydrogen-bond acceptors (Lipinski definition) is 0. The fourth-order valence-corrected chi connectivity index (χ4v) is 0. The maximum atomic E-state index is 0. The van der Waals surface area contributed by atoms with Crippen LogP contribution in [-0.4, -0.2) is 70.6 Å². The first kappa shape index (κ1) is 509. The van der Waals surface area contributed by atoms with Gasteiger partial charge < -0.3 is 57.7 Å². The van der Waals surface area contributed by atoms with E-state index in [4.69, 9.17) is 0 Å². The average Bonchev–Trinajstić information content (AvgIpc) is 0. The fraction of sp³-hybridized carbons (Fsp3) is 1.00. The quantitative estimate of drug-likeness (QED) is 0.360. The Morgan fingerprint density at radius 2 is 0.400 bits per heavy atom. The summed E-state index contributed by atoms with van der Waals surface area (Å²) in [5.41, 5.74) is 0. The third-order valence-electron chi connectivity index (χ3n) is 0. The van der Waals surface area contributed by atoms with Gasteiger partial charge in [-0.3, -0.25) is 0 Å². The zero-order valence-electron chi connectivity index (χ0n) is 4.46. The van der Waals surface area contributed by atoms with Crippen molar-refractivity contribution in [1.29, 1.82) is 0 Å². The van der Waals surface area contributed by atoms with Crippen LogP contribution in [0.25, 0.3) is 0 Å². The van der Waals surface area contributed by atoms with Crippen molar-refractivity contribution >= 4 is 37.7 Å². The summed E-state index contributed by atoms with van der Waals surface area (Å²) in [6.07, 6.45) is 0. The Morgan fingerprint density at radius 3 is 0.400 bits per heavy atom. The molecule has 0 aliphatic heterocycles. The van der Waals surface area contributed by atoms with Gasteiger partial charge in [-0.05, 0) is 0 Å². The summed E-state index contributed by atoms with van der Waals surface area (Å²) in [7, 11) is 0. The van der Waals surface area contributed by atoms with Crippen LogP contribution in [0.3, 0.4) is 0 Å². The van der Waals surface area contributed by atoms with Gasteiger partial charge in [0.25, 0.3) is 0 Å². The van der Waals surface area contributed by atoms with Crippen molar-refractivity contribution < 1.29 is 57.7 Å². The summed E-state index contributed by atoms with van der Waals surface area (Å²) in [5.74, 6) is 0. The van der Waals surface area contributed by atoms with Gasteiger partial charge >= 0.3 is 37.7 Å². The molecule has 0 unspecified atom stereocenters. The molecule has 0 saturated carbocycles. The van der Waals surface area contributed by atoms with Gasteiger partial charge in [-0.2, -0.15) is 0 Å². The van der Waals surface area contributed by atoms with Crippen LogP contribution in [0.1, 0.15) is 7.43 Å². The third-order valence-corrected chi connectivity index (χ3v) is 0. The zero-order chi connectivity index (χ0) is 0. The van der Waals surface area contributed by atoms with Crippen LogP contribution in [0.15, 0.2) is 0 Å². The molecule has 0 aliphatic carbocycles. The van der Waals surface area contributed by atoms with E-state index in [-0.39, 0.29) is 103 Å². The molecule has 6 nitrogen and oxygen atoms in total. The van der Waals surface area contributed by atoms with E-state index in [1.807, 2.05) is 0 Å². The molecular formula is CH16CaCl2O6. The van der Waals surface area contributed by atoms with Gasteiger partial charge in [0.2, 0.25) is 0 Å². The topological polar surface area (TPSA) is 189 Å². The zero-order valence-corrected chi connectivity index (χ0v) is 8.18. The first-order chi connectivity index (χ1) is 0. The second-order valence-electron chi connectivity index (χ2n) is 0. The Bertz CT molecular complexity index is 15.7. The Morgan fingerprint density at radius 1 is 0.400 bits per heavy atom. The van der Waals surface area contributed by atoms with E-state index in [1.165, 1.54) is 0 Å². The molecule has 0 amide bonds. The van der Waals surface area contributed by atoms with Gasteiger partial charge in [-0.1, -0.05) is 7.43 Å². The molecule has 0 radical (unpaired) electrons. The first-order valence-corrected chi connectivity index (χ1v) is 0. The van der Waals surface area contributed by atoms with Crippen molar-refractivity contribution in [3.63, 3.8) is 0 Å². The van der Waals surface area contributed by atoms with E-state index in [9.17, 15) is 0 Å². The van der Waals surface area contributed by atoms with Gasteiger partial charge in [-0.15, -0.1) is 0 Å². The summed E-state index contributed by atoms with van der Waals surface area (Å²) in [4.78, 5) is 0. The van der Waals surface area contributed by atoms with Crippen LogP contribution in [0, 0.1) is 0 Å². The van der Waals surface area contributed by atoms with E-state index in [2.05, 4.69) is 0 Å². The van der Waals surface area contributed by atoms with Gasteiger partial charge in [-0.25, -0.2) is 0 Å². The van der Waals surface area contributed by atoms with Crippen molar-refractivity contribution in [1.82, 2.24) is 0 Å². The van der Waals surface area contributed by atoms with Crippen LogP contribution in [-0.2, 0) is 0 Å². The maximum absolute atomic E-state index is 0. The van der Waals surface area contributed by atoms with Crippen molar-refractivity contribution in [2.45, 2.75) is 7.43 Å². The minimum Gasteiger partial charge on any atom is -1.00 e. The average molecular weight is 235 g/mol. The summed E-state index contributed by atoms with van der Waals surface area (Å²) in [6, 6.07) is 0. The van der Waals surface area contributed by atoms with Crippen LogP contribution in [0.5, 0.6) is 0 Å². The summed E-state index contributed by atoms with van der Waals surface area (Å²) in [6.45, 7) is 0. The molecule has 0 aliphatic rings. The van der Waals surface area contributed by atoms with E-state index in [1.54, 1.807) is 0 Å². The molecule has 9 heteroatoms. The van der Waals surface area contributed by atoms with Crippen LogP contribution in [0.2, 0.25) is 0 Å². The van der Waals surface area contributed by atoms with E-state index >= 15 is 0 Å². The molecule has 0 aromatic heterocycles. The molecule has 0 heterocycles. The van der Waals surface area contributed by atoms with Crippen molar-refractivity contribution in [2.24, 2.45) is 0 Å². The van der Waals surface area contributed by atoms with Crippen LogP contribution < -0.4 is 24.8 Å². The minimum absolute atomic E-state index is 0. The van der Waals surface area contributed by atoms with Crippen molar-refractivity contribution in [3.05, 3.63) is 0 Å². The Balaban J connectivity index is 0. The predicted molar refractivity (Wildman–Crippen MR) is 34.2 cm³/mol. The van der Waals surface area contributed by atoms with Crippen LogP contribution >= 0.6 is 0 Å². The normalized spacial score (nSPS) is 0. The van der Waals surface area contributed by atoms with Crippen molar-refractivity contribution in [2.75, 3.05) is 0 Å². The molecule has 0 atom stereocenters. The van der Waals surface area contributed by atoms with E-state index in [0.717, 1.165) is 0 Å². The van der Waals surface area contributed by atoms with Crippen molar-refractivity contribution in [3.8, 4) is 0 Å². The maximum Gasteiger partial charge on any atom is 2.00 e. The molecular weight excluding hydrogens is 219 g/mol. The molecule has 0 bridgehead atoms. The van der Waals surface area contributed by atoms with Gasteiger partial charge in [0.05, 0.1) is 0 Å². The Kier molecular flexibility index (Phi) is 19400. The first-order valence-electron chi connectivity index (χ1n) is 0. The third kappa shape index (κ3) is 277. The number of rotatable bonds is 0. The SMILES string of the molecule is C.O.O.O.O.O.O.[Ca+2].[Cl-].[Cl-]. The largest absolute Gasteiger partial charge is 2.00 e. The molecule has 72 valence electrons. The predicted octanol–water partition coefficient (Wildman–Crippen LogP) is -10.7. The number of halogens is 2. The minimum atomic E-state index is 0. The smallest absolute Gasteiger partial charge is 1.00 e. The van der Waals surface area contributed by atoms with Gasteiger partial charge in [0.1, 0.15) is 0 Å². The number of hydrogen-bond donors (Lipinski definition) is 0. The molecule has 0 spiro atoms. The van der Waals surface area contributed by atoms with Gasteiger partial charge in [0.15, 0.2) is 0 Å². The molecule has 0 rings (SSSR count). The summed E-state index contributed by atoms with van der Waals surface area (Å²) >= 11 is 0. The summed E-state index contributed by atoms with van der Waals surface area (Å²) < 4.78 is 0. The summed E-state index contributed by atoms with van der Waals surface area (Å²) in [5, 5.41) is 0. The second kappa shape index (κ2) is 382. The van der Waals surface area contributed by atoms with E-state index < -0.39 is 0 Å². The van der Waals surface area contributed by atoms with Crippen LogP contribution in [0.4, 0.5) is 0 Å². The molecule has 0 fully saturated rings. The second-order valence-corrected chi connectivity index (χ2v) is 0. The molecule has 0 aromatic carbocycles. The molecule has 0 aromatic rings.